The van der Waals surface area contributed by atoms with E-state index in [9.17, 15) is 0 Å². The Morgan fingerprint density at radius 3 is 2.42 bits per heavy atom. The number of nitrogen functional groups attached to an aromatic ring is 1. The normalized spacial score (nSPS) is 12.5. The van der Waals surface area contributed by atoms with Crippen LogP contribution < -0.4 is 16.6 Å². The van der Waals surface area contributed by atoms with Gasteiger partial charge in [0, 0.05) is 11.6 Å². The van der Waals surface area contributed by atoms with E-state index in [1.54, 1.807) is 6.33 Å². The maximum Gasteiger partial charge on any atom is 0.148 e. The Labute approximate surface area is 116 Å². The fourth-order valence-corrected chi connectivity index (χ4v) is 2.18. The highest BCUT2D eigenvalue weighted by Crippen LogP contribution is 2.28. The number of aromatic nitrogens is 2. The van der Waals surface area contributed by atoms with Crippen LogP contribution >= 0.6 is 0 Å². The highest BCUT2D eigenvalue weighted by molar-refractivity contribution is 5.58. The summed E-state index contributed by atoms with van der Waals surface area (Å²) < 4.78 is 0. The summed E-state index contributed by atoms with van der Waals surface area (Å²) in [5.74, 6) is 7.43. The Hall–Kier alpha value is -1.36. The molecule has 0 bridgehead atoms. The van der Waals surface area contributed by atoms with Gasteiger partial charge in [0.1, 0.15) is 18.0 Å². The predicted molar refractivity (Wildman–Crippen MR) is 81.2 cm³/mol. The third-order valence-corrected chi connectivity index (χ3v) is 3.22. The minimum Gasteiger partial charge on any atom is -0.367 e. The molecule has 0 aliphatic rings. The van der Waals surface area contributed by atoms with Gasteiger partial charge < -0.3 is 10.7 Å². The monoisotopic (exact) mass is 265 g/mol. The van der Waals surface area contributed by atoms with Crippen molar-refractivity contribution in [3.05, 3.63) is 11.9 Å². The Kier molecular flexibility index (Phi) is 6.56. The van der Waals surface area contributed by atoms with Gasteiger partial charge in [0.15, 0.2) is 0 Å². The van der Waals surface area contributed by atoms with Crippen molar-refractivity contribution in [3.8, 4) is 0 Å². The smallest absolute Gasteiger partial charge is 0.148 e. The van der Waals surface area contributed by atoms with Crippen LogP contribution in [0.1, 0.15) is 64.9 Å². The quantitative estimate of drug-likeness (QED) is 0.382. The summed E-state index contributed by atoms with van der Waals surface area (Å²) in [6, 6.07) is 0.407. The summed E-state index contributed by atoms with van der Waals surface area (Å²) in [7, 11) is 0. The van der Waals surface area contributed by atoms with E-state index < -0.39 is 0 Å². The molecular weight excluding hydrogens is 238 g/mol. The molecule has 0 amide bonds. The van der Waals surface area contributed by atoms with Crippen LogP contribution in [0.5, 0.6) is 0 Å². The van der Waals surface area contributed by atoms with E-state index in [0.29, 0.717) is 17.8 Å². The third kappa shape index (κ3) is 4.67. The van der Waals surface area contributed by atoms with Crippen LogP contribution in [0.15, 0.2) is 6.33 Å². The molecule has 4 N–H and O–H groups in total. The number of hydrogen-bond acceptors (Lipinski definition) is 5. The maximum atomic E-state index is 5.52. The molecule has 0 aliphatic heterocycles. The Balaban J connectivity index is 2.76. The minimum absolute atomic E-state index is 0.317. The van der Waals surface area contributed by atoms with Crippen LogP contribution in [0.25, 0.3) is 0 Å². The summed E-state index contributed by atoms with van der Waals surface area (Å²) in [5.41, 5.74) is 3.70. The number of nitrogens with one attached hydrogen (secondary N) is 2. The largest absolute Gasteiger partial charge is 0.367 e. The van der Waals surface area contributed by atoms with Crippen LogP contribution in [0.3, 0.4) is 0 Å². The Morgan fingerprint density at radius 1 is 1.16 bits per heavy atom. The van der Waals surface area contributed by atoms with Gasteiger partial charge in [-0.05, 0) is 19.3 Å². The number of unbranched alkanes of at least 4 members (excludes halogenated alkanes) is 2. The van der Waals surface area contributed by atoms with Gasteiger partial charge in [0.25, 0.3) is 0 Å². The minimum atomic E-state index is 0.317. The first kappa shape index (κ1) is 15.7. The molecule has 1 rings (SSSR count). The molecule has 1 aromatic heterocycles. The molecule has 0 saturated heterocycles. The molecule has 1 heterocycles. The van der Waals surface area contributed by atoms with E-state index in [1.807, 2.05) is 0 Å². The van der Waals surface area contributed by atoms with Crippen molar-refractivity contribution in [2.75, 3.05) is 10.7 Å². The zero-order valence-corrected chi connectivity index (χ0v) is 12.5. The molecule has 108 valence electrons. The lowest BCUT2D eigenvalue weighted by atomic mass is 10.0. The molecule has 1 atom stereocenters. The lowest BCUT2D eigenvalue weighted by molar-refractivity contribution is 0.612. The molecule has 0 aromatic carbocycles. The van der Waals surface area contributed by atoms with Gasteiger partial charge in [0.2, 0.25) is 0 Å². The van der Waals surface area contributed by atoms with E-state index in [0.717, 1.165) is 17.8 Å². The molecule has 5 heteroatoms. The van der Waals surface area contributed by atoms with E-state index >= 15 is 0 Å². The topological polar surface area (TPSA) is 75.9 Å². The van der Waals surface area contributed by atoms with Crippen molar-refractivity contribution in [2.24, 2.45) is 5.84 Å². The van der Waals surface area contributed by atoms with Crippen LogP contribution in [0.2, 0.25) is 0 Å². The van der Waals surface area contributed by atoms with E-state index in [-0.39, 0.29) is 0 Å². The first-order chi connectivity index (χ1) is 9.10. The molecule has 0 radical (unpaired) electrons. The fourth-order valence-electron chi connectivity index (χ4n) is 2.18. The highest BCUT2D eigenvalue weighted by Gasteiger charge is 2.15. The SMILES string of the molecule is CCCCCC(C)Nc1ncnc(NN)c1C(C)C. The average molecular weight is 265 g/mol. The molecule has 0 aliphatic carbocycles. The van der Waals surface area contributed by atoms with Crippen LogP contribution in [-0.2, 0) is 0 Å². The van der Waals surface area contributed by atoms with Crippen molar-refractivity contribution in [3.63, 3.8) is 0 Å². The molecule has 0 fully saturated rings. The number of hydrazine groups is 1. The van der Waals surface area contributed by atoms with Crippen LogP contribution in [0, 0.1) is 0 Å². The molecule has 0 spiro atoms. The van der Waals surface area contributed by atoms with Gasteiger partial charge in [-0.25, -0.2) is 15.8 Å². The third-order valence-electron chi connectivity index (χ3n) is 3.22. The standard InChI is InChI=1S/C14H27N5/c1-5-6-7-8-11(4)18-13-12(10(2)3)14(19-15)17-9-16-13/h9-11H,5-8,15H2,1-4H3,(H2,16,17,18,19). The molecule has 1 unspecified atom stereocenters. The van der Waals surface area contributed by atoms with Crippen molar-refractivity contribution in [2.45, 2.75) is 65.3 Å². The van der Waals surface area contributed by atoms with Gasteiger partial charge >= 0.3 is 0 Å². The van der Waals surface area contributed by atoms with E-state index in [2.05, 4.69) is 48.4 Å². The van der Waals surface area contributed by atoms with Crippen molar-refractivity contribution in [1.29, 1.82) is 0 Å². The number of rotatable bonds is 8. The first-order valence-corrected chi connectivity index (χ1v) is 7.18. The summed E-state index contributed by atoms with van der Waals surface area (Å²) in [6.45, 7) is 8.65. The second kappa shape index (κ2) is 7.94. The number of nitrogens with two attached hydrogens (primary N) is 1. The Bertz CT molecular complexity index is 378. The lowest BCUT2D eigenvalue weighted by Gasteiger charge is -2.20. The van der Waals surface area contributed by atoms with Crippen molar-refractivity contribution >= 4 is 11.6 Å². The maximum absolute atomic E-state index is 5.52. The zero-order chi connectivity index (χ0) is 14.3. The molecule has 5 nitrogen and oxygen atoms in total. The van der Waals surface area contributed by atoms with Crippen molar-refractivity contribution < 1.29 is 0 Å². The van der Waals surface area contributed by atoms with Gasteiger partial charge in [-0.1, -0.05) is 40.0 Å². The second-order valence-electron chi connectivity index (χ2n) is 5.32. The Morgan fingerprint density at radius 2 is 1.84 bits per heavy atom. The summed E-state index contributed by atoms with van der Waals surface area (Å²) in [5, 5.41) is 3.48. The molecular formula is C14H27N5. The first-order valence-electron chi connectivity index (χ1n) is 7.18. The van der Waals surface area contributed by atoms with Gasteiger partial charge in [-0.3, -0.25) is 0 Å². The van der Waals surface area contributed by atoms with Gasteiger partial charge in [-0.15, -0.1) is 0 Å². The number of anilines is 2. The highest BCUT2D eigenvalue weighted by atomic mass is 15.3. The van der Waals surface area contributed by atoms with E-state index in [4.69, 9.17) is 5.84 Å². The molecule has 0 saturated carbocycles. The predicted octanol–water partition coefficient (Wildman–Crippen LogP) is 3.27. The summed E-state index contributed by atoms with van der Waals surface area (Å²) in [4.78, 5) is 8.53. The van der Waals surface area contributed by atoms with Crippen LogP contribution in [0.4, 0.5) is 11.6 Å². The van der Waals surface area contributed by atoms with Gasteiger partial charge in [0.05, 0.1) is 0 Å². The molecule has 19 heavy (non-hydrogen) atoms. The van der Waals surface area contributed by atoms with Crippen molar-refractivity contribution in [1.82, 2.24) is 9.97 Å². The summed E-state index contributed by atoms with van der Waals surface area (Å²) >= 11 is 0. The number of nitrogens with zero attached hydrogens (tertiary/aromatic N) is 2. The molecule has 1 aromatic rings. The zero-order valence-electron chi connectivity index (χ0n) is 12.5. The number of hydrogen-bond donors (Lipinski definition) is 3. The average Bonchev–Trinajstić information content (AvgIpc) is 2.38. The van der Waals surface area contributed by atoms with E-state index in [1.165, 1.54) is 19.3 Å². The lowest BCUT2D eigenvalue weighted by Crippen LogP contribution is -2.20. The van der Waals surface area contributed by atoms with Gasteiger partial charge in [-0.2, -0.15) is 0 Å². The summed E-state index contributed by atoms with van der Waals surface area (Å²) in [6.07, 6.45) is 6.47. The van der Waals surface area contributed by atoms with Crippen LogP contribution in [-0.4, -0.2) is 16.0 Å². The fraction of sp³-hybridized carbons (Fsp3) is 0.714. The second-order valence-corrected chi connectivity index (χ2v) is 5.32.